The highest BCUT2D eigenvalue weighted by Gasteiger charge is 2.11. The number of aryl methyl sites for hydroxylation is 1. The molecule has 1 amide bonds. The van der Waals surface area contributed by atoms with Gasteiger partial charge in [0.2, 0.25) is 5.91 Å². The van der Waals surface area contributed by atoms with Crippen molar-refractivity contribution in [2.24, 2.45) is 0 Å². The molecule has 2 rings (SSSR count). The van der Waals surface area contributed by atoms with Crippen LogP contribution in [-0.4, -0.2) is 19.2 Å². The molecule has 0 saturated carbocycles. The van der Waals surface area contributed by atoms with Gasteiger partial charge >= 0.3 is 10.2 Å². The van der Waals surface area contributed by atoms with Crippen LogP contribution in [0.25, 0.3) is 0 Å². The Kier molecular flexibility index (Phi) is 5.81. The van der Waals surface area contributed by atoms with Gasteiger partial charge in [-0.15, -0.1) is 3.89 Å². The Morgan fingerprint density at radius 3 is 2.20 bits per heavy atom. The van der Waals surface area contributed by atoms with E-state index >= 15 is 0 Å². The van der Waals surface area contributed by atoms with Crippen LogP contribution < -0.4 is 5.32 Å². The van der Waals surface area contributed by atoms with E-state index in [1.54, 1.807) is 12.1 Å². The van der Waals surface area contributed by atoms with Crippen LogP contribution in [0, 0.1) is 10.1 Å². The van der Waals surface area contributed by atoms with Gasteiger partial charge in [0.15, 0.2) is 0 Å². The van der Waals surface area contributed by atoms with Crippen molar-refractivity contribution in [1.29, 1.82) is 0 Å². The summed E-state index contributed by atoms with van der Waals surface area (Å²) in [4.78, 5) is 21.5. The summed E-state index contributed by atoms with van der Waals surface area (Å²) in [5.41, 5.74) is 1.27. The Morgan fingerprint density at radius 2 is 1.68 bits per heavy atom. The van der Waals surface area contributed by atoms with E-state index < -0.39 is 20.0 Å². The molecule has 0 radical (unpaired) electrons. The molecule has 0 heterocycles. The van der Waals surface area contributed by atoms with Crippen LogP contribution in [0.3, 0.4) is 0 Å². The second-order valence-corrected chi connectivity index (χ2v) is 6.63. The van der Waals surface area contributed by atoms with E-state index in [-0.39, 0.29) is 18.0 Å². The zero-order chi connectivity index (χ0) is 18.4. The predicted molar refractivity (Wildman–Crippen MR) is 89.4 cm³/mol. The molecule has 25 heavy (non-hydrogen) atoms. The van der Waals surface area contributed by atoms with E-state index in [1.165, 1.54) is 24.3 Å². The summed E-state index contributed by atoms with van der Waals surface area (Å²) in [5, 5.41) is 13.1. The average molecular weight is 366 g/mol. The van der Waals surface area contributed by atoms with Crippen molar-refractivity contribution in [3.8, 4) is 0 Å². The van der Waals surface area contributed by atoms with Gasteiger partial charge in [-0.3, -0.25) is 14.9 Å². The van der Waals surface area contributed by atoms with Crippen molar-refractivity contribution in [1.82, 2.24) is 0 Å². The highest BCUT2D eigenvalue weighted by molar-refractivity contribution is 7.86. The second kappa shape index (κ2) is 7.84. The van der Waals surface area contributed by atoms with Gasteiger partial charge in [0.05, 0.1) is 9.82 Å². The van der Waals surface area contributed by atoms with E-state index in [0.29, 0.717) is 18.5 Å². The molecule has 7 nitrogen and oxygen atoms in total. The summed E-state index contributed by atoms with van der Waals surface area (Å²) in [6.07, 6.45) is 1.35. The maximum absolute atomic E-state index is 12.8. The number of hydrogen-bond acceptors (Lipinski definition) is 5. The molecule has 0 unspecified atom stereocenters. The van der Waals surface area contributed by atoms with Gasteiger partial charge in [0, 0.05) is 24.2 Å². The molecular weight excluding hydrogens is 351 g/mol. The number of amides is 1. The Labute approximate surface area is 143 Å². The number of benzene rings is 2. The molecule has 2 aromatic carbocycles. The number of carbonyl (C=O) groups is 1. The van der Waals surface area contributed by atoms with E-state index in [4.69, 9.17) is 0 Å². The van der Waals surface area contributed by atoms with Gasteiger partial charge in [0.1, 0.15) is 0 Å². The number of halogens is 1. The third-order valence-corrected chi connectivity index (χ3v) is 4.27. The lowest BCUT2D eigenvalue weighted by atomic mass is 10.1. The summed E-state index contributed by atoms with van der Waals surface area (Å²) in [6.45, 7) is 0. The van der Waals surface area contributed by atoms with Crippen LogP contribution in [0.5, 0.6) is 0 Å². The molecule has 9 heteroatoms. The standard InChI is InChI=1S/C16H15FN2O5S/c17-25(23,24)15-10-6-13(7-11-15)18-16(20)3-1-2-12-4-8-14(9-5-12)19(21)22/h4-11H,1-3H2,(H,18,20). The maximum Gasteiger partial charge on any atom is 0.332 e. The highest BCUT2D eigenvalue weighted by Crippen LogP contribution is 2.17. The maximum atomic E-state index is 12.8. The van der Waals surface area contributed by atoms with Crippen molar-refractivity contribution in [3.05, 3.63) is 64.2 Å². The first-order chi connectivity index (χ1) is 11.8. The van der Waals surface area contributed by atoms with Gasteiger partial charge in [-0.05, 0) is 42.7 Å². The molecular formula is C16H15FN2O5S. The van der Waals surface area contributed by atoms with E-state index in [1.807, 2.05) is 0 Å². The van der Waals surface area contributed by atoms with Crippen LogP contribution in [0.2, 0.25) is 0 Å². The minimum atomic E-state index is -4.76. The topological polar surface area (TPSA) is 106 Å². The van der Waals surface area contributed by atoms with Gasteiger partial charge in [0.25, 0.3) is 5.69 Å². The molecule has 0 aliphatic heterocycles. The number of nitro benzene ring substituents is 1. The van der Waals surface area contributed by atoms with E-state index in [2.05, 4.69) is 5.32 Å². The number of anilines is 1. The predicted octanol–water partition coefficient (Wildman–Crippen LogP) is 3.21. The smallest absolute Gasteiger partial charge is 0.326 e. The number of non-ortho nitro benzene ring substituents is 1. The number of hydrogen-bond donors (Lipinski definition) is 1. The van der Waals surface area contributed by atoms with E-state index in [0.717, 1.165) is 17.7 Å². The second-order valence-electron chi connectivity index (χ2n) is 5.29. The third kappa shape index (κ3) is 5.64. The fourth-order valence-corrected chi connectivity index (χ4v) is 2.62. The first-order valence-electron chi connectivity index (χ1n) is 7.33. The molecule has 0 aliphatic carbocycles. The zero-order valence-corrected chi connectivity index (χ0v) is 13.8. The molecule has 0 fully saturated rings. The fourth-order valence-electron chi connectivity index (χ4n) is 2.16. The van der Waals surface area contributed by atoms with Gasteiger partial charge in [-0.25, -0.2) is 0 Å². The molecule has 1 N–H and O–H groups in total. The van der Waals surface area contributed by atoms with Crippen molar-refractivity contribution in [2.75, 3.05) is 5.32 Å². The Morgan fingerprint density at radius 1 is 1.08 bits per heavy atom. The van der Waals surface area contributed by atoms with Gasteiger partial charge < -0.3 is 5.32 Å². The van der Waals surface area contributed by atoms with Crippen LogP contribution in [0.1, 0.15) is 18.4 Å². The third-order valence-electron chi connectivity index (χ3n) is 3.44. The monoisotopic (exact) mass is 366 g/mol. The number of nitrogens with one attached hydrogen (secondary N) is 1. The Bertz CT molecular complexity index is 864. The van der Waals surface area contributed by atoms with Crippen molar-refractivity contribution < 1.29 is 22.0 Å². The summed E-state index contributed by atoms with van der Waals surface area (Å²) < 4.78 is 34.2. The molecule has 0 spiro atoms. The quantitative estimate of drug-likeness (QED) is 0.460. The van der Waals surface area contributed by atoms with Crippen LogP contribution >= 0.6 is 0 Å². The summed E-state index contributed by atoms with van der Waals surface area (Å²) in [5.74, 6) is -0.266. The van der Waals surface area contributed by atoms with Crippen molar-refractivity contribution in [3.63, 3.8) is 0 Å². The summed E-state index contributed by atoms with van der Waals surface area (Å²) in [6, 6.07) is 10.9. The number of rotatable bonds is 7. The van der Waals surface area contributed by atoms with Crippen LogP contribution in [-0.2, 0) is 21.4 Å². The van der Waals surface area contributed by atoms with Crippen LogP contribution in [0.4, 0.5) is 15.3 Å². The van der Waals surface area contributed by atoms with E-state index in [9.17, 15) is 27.2 Å². The van der Waals surface area contributed by atoms with Gasteiger partial charge in [-0.1, -0.05) is 12.1 Å². The molecule has 2 aromatic rings. The van der Waals surface area contributed by atoms with Crippen molar-refractivity contribution >= 4 is 27.5 Å². The number of nitrogens with zero attached hydrogens (tertiary/aromatic N) is 1. The average Bonchev–Trinajstić information content (AvgIpc) is 2.55. The highest BCUT2D eigenvalue weighted by atomic mass is 32.3. The largest absolute Gasteiger partial charge is 0.332 e. The number of nitro groups is 1. The van der Waals surface area contributed by atoms with Crippen LogP contribution in [0.15, 0.2) is 53.4 Å². The fraction of sp³-hybridized carbons (Fsp3) is 0.188. The summed E-state index contributed by atoms with van der Waals surface area (Å²) >= 11 is 0. The first-order valence-corrected chi connectivity index (χ1v) is 8.72. The molecule has 0 atom stereocenters. The van der Waals surface area contributed by atoms with Gasteiger partial charge in [-0.2, -0.15) is 8.42 Å². The minimum absolute atomic E-state index is 0.0141. The molecule has 0 aromatic heterocycles. The summed E-state index contributed by atoms with van der Waals surface area (Å²) in [7, 11) is -4.76. The lowest BCUT2D eigenvalue weighted by Crippen LogP contribution is -2.11. The lowest BCUT2D eigenvalue weighted by molar-refractivity contribution is -0.384. The molecule has 0 bridgehead atoms. The molecule has 0 aliphatic rings. The van der Waals surface area contributed by atoms with Crippen molar-refractivity contribution in [2.45, 2.75) is 24.2 Å². The molecule has 132 valence electrons. The lowest BCUT2D eigenvalue weighted by Gasteiger charge is -2.06. The Hall–Kier alpha value is -2.81. The normalized spacial score (nSPS) is 11.1. The SMILES string of the molecule is O=C(CCCc1ccc([N+](=O)[O-])cc1)Nc1ccc(S(=O)(=O)F)cc1. The minimum Gasteiger partial charge on any atom is -0.326 e. The zero-order valence-electron chi connectivity index (χ0n) is 13.0. The molecule has 0 saturated heterocycles. The number of carbonyl (C=O) groups excluding carboxylic acids is 1. The Balaban J connectivity index is 1.81. The first kappa shape index (κ1) is 18.5.